The third-order valence-electron chi connectivity index (χ3n) is 2.46. The predicted octanol–water partition coefficient (Wildman–Crippen LogP) is 3.02. The molecule has 0 unspecified atom stereocenters. The van der Waals surface area contributed by atoms with Crippen molar-refractivity contribution in [1.29, 1.82) is 0 Å². The number of anilines is 1. The van der Waals surface area contributed by atoms with Gasteiger partial charge < -0.3 is 9.64 Å². The maximum Gasteiger partial charge on any atom is 0.135 e. The molecular weight excluding hydrogens is 206 g/mol. The summed E-state index contributed by atoms with van der Waals surface area (Å²) < 4.78 is 5.89. The first kappa shape index (κ1) is 10.7. The van der Waals surface area contributed by atoms with Gasteiger partial charge in [0.2, 0.25) is 0 Å². The van der Waals surface area contributed by atoms with Crippen LogP contribution in [0.5, 0.6) is 5.75 Å². The van der Waals surface area contributed by atoms with Gasteiger partial charge in [-0.1, -0.05) is 6.07 Å². The summed E-state index contributed by atoms with van der Waals surface area (Å²) in [5, 5.41) is 0. The van der Waals surface area contributed by atoms with Crippen molar-refractivity contribution in [3.63, 3.8) is 0 Å². The molecule has 82 valence electrons. The van der Waals surface area contributed by atoms with E-state index in [1.165, 1.54) is 23.4 Å². The summed E-state index contributed by atoms with van der Waals surface area (Å²) in [5.41, 5.74) is 1.24. The molecule has 2 nitrogen and oxygen atoms in total. The quantitative estimate of drug-likeness (QED) is 0.728. The molecule has 1 aliphatic rings. The molecule has 0 aromatic heterocycles. The van der Waals surface area contributed by atoms with E-state index in [2.05, 4.69) is 43.5 Å². The molecule has 0 radical (unpaired) electrons. The highest BCUT2D eigenvalue weighted by Crippen LogP contribution is 2.39. The van der Waals surface area contributed by atoms with Crippen molar-refractivity contribution in [1.82, 2.24) is 0 Å². The fraction of sp³-hybridized carbons (Fsp3) is 0.500. The number of benzene rings is 1. The normalized spacial score (nSPS) is 15.1. The van der Waals surface area contributed by atoms with Gasteiger partial charge >= 0.3 is 0 Å². The zero-order valence-electron chi connectivity index (χ0n) is 9.49. The van der Waals surface area contributed by atoms with Gasteiger partial charge in [-0.25, -0.2) is 0 Å². The van der Waals surface area contributed by atoms with Gasteiger partial charge in [0.15, 0.2) is 0 Å². The molecule has 1 aromatic carbocycles. The van der Waals surface area contributed by atoms with Gasteiger partial charge in [0, 0.05) is 14.1 Å². The minimum Gasteiger partial charge on any atom is -0.489 e. The number of rotatable bonds is 4. The van der Waals surface area contributed by atoms with Crippen LogP contribution in [0.15, 0.2) is 23.1 Å². The van der Waals surface area contributed by atoms with E-state index in [1.807, 2.05) is 0 Å². The van der Waals surface area contributed by atoms with Crippen LogP contribution in [0.4, 0.5) is 5.69 Å². The molecule has 0 atom stereocenters. The first-order valence-corrected chi connectivity index (χ1v) is 6.46. The zero-order valence-corrected chi connectivity index (χ0v) is 10.3. The number of hydrogen-bond acceptors (Lipinski definition) is 3. The SMILES string of the molecule is CSc1c(OC2CC2)cccc1N(C)C. The maximum absolute atomic E-state index is 5.89. The summed E-state index contributed by atoms with van der Waals surface area (Å²) in [5.74, 6) is 1.04. The number of hydrogen-bond donors (Lipinski definition) is 0. The van der Waals surface area contributed by atoms with Gasteiger partial charge in [0.1, 0.15) is 5.75 Å². The standard InChI is InChI=1S/C12H17NOS/c1-13(2)10-5-4-6-11(12(10)15-3)14-9-7-8-9/h4-6,9H,7-8H2,1-3H3. The Morgan fingerprint density at radius 1 is 1.33 bits per heavy atom. The van der Waals surface area contributed by atoms with Crippen molar-refractivity contribution in [3.05, 3.63) is 18.2 Å². The summed E-state index contributed by atoms with van der Waals surface area (Å²) in [7, 11) is 4.13. The molecule has 1 saturated carbocycles. The summed E-state index contributed by atoms with van der Waals surface area (Å²) in [6.07, 6.45) is 4.98. The Bertz CT molecular complexity index is 347. The van der Waals surface area contributed by atoms with E-state index in [4.69, 9.17) is 4.74 Å². The Hall–Kier alpha value is -0.830. The lowest BCUT2D eigenvalue weighted by atomic mass is 10.3. The van der Waals surface area contributed by atoms with E-state index < -0.39 is 0 Å². The largest absolute Gasteiger partial charge is 0.489 e. The Morgan fingerprint density at radius 3 is 2.60 bits per heavy atom. The van der Waals surface area contributed by atoms with Crippen LogP contribution in [0.2, 0.25) is 0 Å². The number of nitrogens with zero attached hydrogens (tertiary/aromatic N) is 1. The second-order valence-corrected chi connectivity index (χ2v) is 4.84. The van der Waals surface area contributed by atoms with E-state index in [0.29, 0.717) is 6.10 Å². The fourth-order valence-corrected chi connectivity index (χ4v) is 2.30. The molecule has 0 heterocycles. The van der Waals surface area contributed by atoms with Gasteiger partial charge in [0.25, 0.3) is 0 Å². The molecule has 1 aromatic rings. The summed E-state index contributed by atoms with van der Waals surface area (Å²) in [6, 6.07) is 6.26. The molecule has 1 fully saturated rings. The van der Waals surface area contributed by atoms with Gasteiger partial charge in [-0.15, -0.1) is 11.8 Å². The van der Waals surface area contributed by atoms with Crippen molar-refractivity contribution < 1.29 is 4.74 Å². The van der Waals surface area contributed by atoms with Gasteiger partial charge in [-0.3, -0.25) is 0 Å². The van der Waals surface area contributed by atoms with Crippen LogP contribution < -0.4 is 9.64 Å². The molecule has 0 spiro atoms. The van der Waals surface area contributed by atoms with E-state index in [9.17, 15) is 0 Å². The van der Waals surface area contributed by atoms with Gasteiger partial charge in [0.05, 0.1) is 16.7 Å². The Kier molecular flexibility index (Phi) is 3.10. The van der Waals surface area contributed by atoms with Crippen molar-refractivity contribution in [2.24, 2.45) is 0 Å². The smallest absolute Gasteiger partial charge is 0.135 e. The lowest BCUT2D eigenvalue weighted by Gasteiger charge is -2.19. The first-order valence-electron chi connectivity index (χ1n) is 5.23. The monoisotopic (exact) mass is 223 g/mol. The minimum absolute atomic E-state index is 0.466. The molecule has 15 heavy (non-hydrogen) atoms. The number of thioether (sulfide) groups is 1. The lowest BCUT2D eigenvalue weighted by molar-refractivity contribution is 0.296. The summed E-state index contributed by atoms with van der Waals surface area (Å²) in [6.45, 7) is 0. The van der Waals surface area contributed by atoms with Crippen LogP contribution in [-0.2, 0) is 0 Å². The second kappa shape index (κ2) is 4.35. The van der Waals surface area contributed by atoms with E-state index in [0.717, 1.165) is 5.75 Å². The topological polar surface area (TPSA) is 12.5 Å². The molecule has 0 N–H and O–H groups in total. The second-order valence-electron chi connectivity index (χ2n) is 4.02. The Labute approximate surface area is 95.6 Å². The average molecular weight is 223 g/mol. The highest BCUT2D eigenvalue weighted by molar-refractivity contribution is 7.98. The van der Waals surface area contributed by atoms with Crippen LogP contribution in [0.3, 0.4) is 0 Å². The third kappa shape index (κ3) is 2.40. The molecule has 0 aliphatic heterocycles. The number of ether oxygens (including phenoxy) is 1. The van der Waals surface area contributed by atoms with Crippen molar-refractivity contribution in [3.8, 4) is 5.75 Å². The van der Waals surface area contributed by atoms with E-state index in [1.54, 1.807) is 11.8 Å². The Morgan fingerprint density at radius 2 is 2.07 bits per heavy atom. The maximum atomic E-state index is 5.89. The predicted molar refractivity (Wildman–Crippen MR) is 66.2 cm³/mol. The van der Waals surface area contributed by atoms with Crippen LogP contribution in [0.1, 0.15) is 12.8 Å². The summed E-state index contributed by atoms with van der Waals surface area (Å²) in [4.78, 5) is 3.38. The van der Waals surface area contributed by atoms with Crippen LogP contribution in [-0.4, -0.2) is 26.5 Å². The Balaban J connectivity index is 2.30. The van der Waals surface area contributed by atoms with E-state index in [-0.39, 0.29) is 0 Å². The molecule has 3 heteroatoms. The summed E-state index contributed by atoms with van der Waals surface area (Å²) >= 11 is 1.75. The average Bonchev–Trinajstić information content (AvgIpc) is 3.01. The van der Waals surface area contributed by atoms with Crippen LogP contribution in [0, 0.1) is 0 Å². The van der Waals surface area contributed by atoms with Crippen molar-refractivity contribution in [2.75, 3.05) is 25.3 Å². The molecule has 1 aliphatic carbocycles. The van der Waals surface area contributed by atoms with Crippen molar-refractivity contribution >= 4 is 17.4 Å². The zero-order chi connectivity index (χ0) is 10.8. The van der Waals surface area contributed by atoms with E-state index >= 15 is 0 Å². The van der Waals surface area contributed by atoms with Gasteiger partial charge in [-0.2, -0.15) is 0 Å². The molecular formula is C12H17NOS. The molecule has 0 saturated heterocycles. The van der Waals surface area contributed by atoms with Crippen LogP contribution >= 0.6 is 11.8 Å². The van der Waals surface area contributed by atoms with Crippen molar-refractivity contribution in [2.45, 2.75) is 23.8 Å². The molecule has 0 bridgehead atoms. The molecule has 2 rings (SSSR count). The third-order valence-corrected chi connectivity index (χ3v) is 3.28. The van der Waals surface area contributed by atoms with Gasteiger partial charge in [-0.05, 0) is 31.2 Å². The minimum atomic E-state index is 0.466. The highest BCUT2D eigenvalue weighted by atomic mass is 32.2. The van der Waals surface area contributed by atoms with Crippen LogP contribution in [0.25, 0.3) is 0 Å². The highest BCUT2D eigenvalue weighted by Gasteiger charge is 2.25. The first-order chi connectivity index (χ1) is 7.22. The lowest BCUT2D eigenvalue weighted by Crippen LogP contribution is -2.10. The fourth-order valence-electron chi connectivity index (χ4n) is 1.52. The molecule has 0 amide bonds.